The molecule has 0 saturated carbocycles. The zero-order chi connectivity index (χ0) is 17.6. The van der Waals surface area contributed by atoms with Crippen molar-refractivity contribution in [1.82, 2.24) is 14.4 Å². The molecule has 0 fully saturated rings. The Hall–Kier alpha value is -2.69. The number of anilines is 1. The molecule has 1 N–H and O–H groups in total. The molecule has 2 aromatic heterocycles. The van der Waals surface area contributed by atoms with Gasteiger partial charge in [0, 0.05) is 35.8 Å². The molecule has 0 saturated heterocycles. The van der Waals surface area contributed by atoms with Crippen LogP contribution < -0.4 is 5.32 Å². The van der Waals surface area contributed by atoms with Gasteiger partial charge in [-0.1, -0.05) is 38.8 Å². The van der Waals surface area contributed by atoms with Gasteiger partial charge in [-0.25, -0.2) is 9.97 Å². The Morgan fingerprint density at radius 3 is 2.52 bits per heavy atom. The first-order chi connectivity index (χ1) is 12.2. The highest BCUT2D eigenvalue weighted by Crippen LogP contribution is 2.22. The van der Waals surface area contributed by atoms with E-state index in [-0.39, 0.29) is 11.8 Å². The lowest BCUT2D eigenvalue weighted by atomic mass is 9.97. The van der Waals surface area contributed by atoms with E-state index in [4.69, 9.17) is 0 Å². The number of nitrogens with zero attached hydrogens (tertiary/aromatic N) is 3. The molecule has 0 radical (unpaired) electrons. The molecule has 0 spiro atoms. The molecule has 0 unspecified atom stereocenters. The summed E-state index contributed by atoms with van der Waals surface area (Å²) in [4.78, 5) is 21.2. The van der Waals surface area contributed by atoms with E-state index in [0.29, 0.717) is 5.78 Å². The van der Waals surface area contributed by atoms with E-state index in [9.17, 15) is 4.79 Å². The molecule has 3 aromatic rings. The van der Waals surface area contributed by atoms with Crippen molar-refractivity contribution in [2.45, 2.75) is 39.5 Å². The highest BCUT2D eigenvalue weighted by molar-refractivity contribution is 5.92. The molecule has 0 atom stereocenters. The van der Waals surface area contributed by atoms with Gasteiger partial charge in [0.25, 0.3) is 0 Å². The van der Waals surface area contributed by atoms with Gasteiger partial charge in [0.05, 0.1) is 5.69 Å². The second kappa shape index (κ2) is 7.92. The Balaban J connectivity index is 1.72. The SMILES string of the molecule is CCCC(CCC)C(=O)Nc1ccc(-c2cn3cccnc3n2)cc1. The van der Waals surface area contributed by atoms with Gasteiger partial charge in [0.1, 0.15) is 0 Å². The minimum absolute atomic E-state index is 0.0965. The van der Waals surface area contributed by atoms with Gasteiger partial charge in [0.2, 0.25) is 11.7 Å². The van der Waals surface area contributed by atoms with Crippen LogP contribution in [0.3, 0.4) is 0 Å². The largest absolute Gasteiger partial charge is 0.326 e. The average molecular weight is 336 g/mol. The standard InChI is InChI=1S/C20H24N4O/c1-3-6-16(7-4-2)19(25)22-17-10-8-15(9-11-17)18-14-24-13-5-12-21-20(24)23-18/h5,8-14,16H,3-4,6-7H2,1-2H3,(H,22,25). The summed E-state index contributed by atoms with van der Waals surface area (Å²) >= 11 is 0. The van der Waals surface area contributed by atoms with E-state index in [1.54, 1.807) is 6.20 Å². The maximum absolute atomic E-state index is 12.4. The highest BCUT2D eigenvalue weighted by atomic mass is 16.1. The second-order valence-electron chi connectivity index (χ2n) is 6.29. The monoisotopic (exact) mass is 336 g/mol. The zero-order valence-electron chi connectivity index (χ0n) is 14.8. The van der Waals surface area contributed by atoms with Gasteiger partial charge in [-0.2, -0.15) is 0 Å². The molecular formula is C20H24N4O. The molecule has 1 amide bonds. The summed E-state index contributed by atoms with van der Waals surface area (Å²) in [5.74, 6) is 0.893. The van der Waals surface area contributed by atoms with E-state index in [1.807, 2.05) is 47.1 Å². The van der Waals surface area contributed by atoms with Crippen molar-refractivity contribution >= 4 is 17.4 Å². The number of rotatable bonds is 7. The lowest BCUT2D eigenvalue weighted by Crippen LogP contribution is -2.22. The van der Waals surface area contributed by atoms with E-state index < -0.39 is 0 Å². The topological polar surface area (TPSA) is 59.3 Å². The van der Waals surface area contributed by atoms with Crippen LogP contribution in [0.5, 0.6) is 0 Å². The molecule has 0 aliphatic heterocycles. The molecule has 5 nitrogen and oxygen atoms in total. The van der Waals surface area contributed by atoms with Crippen LogP contribution in [0.25, 0.3) is 17.0 Å². The summed E-state index contributed by atoms with van der Waals surface area (Å²) in [5, 5.41) is 3.04. The number of imidazole rings is 1. The molecular weight excluding hydrogens is 312 g/mol. The van der Waals surface area contributed by atoms with Crippen LogP contribution in [0.4, 0.5) is 5.69 Å². The summed E-state index contributed by atoms with van der Waals surface area (Å²) in [6.45, 7) is 4.24. The van der Waals surface area contributed by atoms with Crippen LogP contribution in [-0.4, -0.2) is 20.3 Å². The van der Waals surface area contributed by atoms with Crippen molar-refractivity contribution in [3.63, 3.8) is 0 Å². The van der Waals surface area contributed by atoms with Crippen molar-refractivity contribution in [3.8, 4) is 11.3 Å². The summed E-state index contributed by atoms with van der Waals surface area (Å²) in [6, 6.07) is 9.69. The van der Waals surface area contributed by atoms with Gasteiger partial charge in [0.15, 0.2) is 0 Å². The minimum Gasteiger partial charge on any atom is -0.326 e. The van der Waals surface area contributed by atoms with E-state index >= 15 is 0 Å². The Bertz CT molecular complexity index is 799. The molecule has 2 heterocycles. The van der Waals surface area contributed by atoms with Crippen molar-refractivity contribution in [1.29, 1.82) is 0 Å². The number of hydrogen-bond acceptors (Lipinski definition) is 3. The molecule has 3 rings (SSSR count). The van der Waals surface area contributed by atoms with E-state index in [2.05, 4.69) is 29.1 Å². The summed E-state index contributed by atoms with van der Waals surface area (Å²) in [7, 11) is 0. The smallest absolute Gasteiger partial charge is 0.234 e. The first kappa shape index (κ1) is 17.1. The number of nitrogens with one attached hydrogen (secondary N) is 1. The quantitative estimate of drug-likeness (QED) is 0.688. The first-order valence-corrected chi connectivity index (χ1v) is 8.92. The lowest BCUT2D eigenvalue weighted by Gasteiger charge is -2.15. The van der Waals surface area contributed by atoms with Crippen molar-refractivity contribution in [3.05, 3.63) is 48.9 Å². The summed E-state index contributed by atoms with van der Waals surface area (Å²) in [6.07, 6.45) is 9.53. The van der Waals surface area contributed by atoms with Crippen LogP contribution in [0.1, 0.15) is 39.5 Å². The highest BCUT2D eigenvalue weighted by Gasteiger charge is 2.16. The molecule has 5 heteroatoms. The van der Waals surface area contributed by atoms with Gasteiger partial charge < -0.3 is 5.32 Å². The van der Waals surface area contributed by atoms with Crippen LogP contribution in [0, 0.1) is 5.92 Å². The predicted octanol–water partition coefficient (Wildman–Crippen LogP) is 4.55. The van der Waals surface area contributed by atoms with Crippen molar-refractivity contribution in [2.75, 3.05) is 5.32 Å². The molecule has 0 aliphatic rings. The fourth-order valence-corrected chi connectivity index (χ4v) is 3.04. The third-order valence-electron chi connectivity index (χ3n) is 4.33. The number of fused-ring (bicyclic) bond motifs is 1. The van der Waals surface area contributed by atoms with Crippen LogP contribution in [0.15, 0.2) is 48.9 Å². The summed E-state index contributed by atoms with van der Waals surface area (Å²) < 4.78 is 1.89. The fourth-order valence-electron chi connectivity index (χ4n) is 3.04. The van der Waals surface area contributed by atoms with Crippen molar-refractivity contribution < 1.29 is 4.79 Å². The maximum Gasteiger partial charge on any atom is 0.234 e. The van der Waals surface area contributed by atoms with Crippen LogP contribution >= 0.6 is 0 Å². The molecule has 1 aromatic carbocycles. The number of carbonyl (C=O) groups is 1. The van der Waals surface area contributed by atoms with E-state index in [0.717, 1.165) is 42.6 Å². The number of benzene rings is 1. The first-order valence-electron chi connectivity index (χ1n) is 8.92. The second-order valence-corrected chi connectivity index (χ2v) is 6.29. The zero-order valence-corrected chi connectivity index (χ0v) is 14.8. The molecule has 25 heavy (non-hydrogen) atoms. The Morgan fingerprint density at radius 1 is 1.16 bits per heavy atom. The third kappa shape index (κ3) is 4.05. The fraction of sp³-hybridized carbons (Fsp3) is 0.350. The Morgan fingerprint density at radius 2 is 1.88 bits per heavy atom. The number of carbonyl (C=O) groups excluding carboxylic acids is 1. The molecule has 130 valence electrons. The van der Waals surface area contributed by atoms with Gasteiger partial charge >= 0.3 is 0 Å². The average Bonchev–Trinajstić information content (AvgIpc) is 3.06. The molecule has 0 bridgehead atoms. The summed E-state index contributed by atoms with van der Waals surface area (Å²) in [5.41, 5.74) is 2.70. The van der Waals surface area contributed by atoms with Crippen molar-refractivity contribution in [2.24, 2.45) is 5.92 Å². The number of amides is 1. The Kier molecular flexibility index (Phi) is 5.43. The minimum atomic E-state index is 0.0965. The van der Waals surface area contributed by atoms with Crippen LogP contribution in [0.2, 0.25) is 0 Å². The van der Waals surface area contributed by atoms with Gasteiger partial charge in [-0.3, -0.25) is 9.20 Å². The normalized spacial score (nSPS) is 11.2. The predicted molar refractivity (Wildman–Crippen MR) is 100 cm³/mol. The third-order valence-corrected chi connectivity index (χ3v) is 4.33. The van der Waals surface area contributed by atoms with Gasteiger partial charge in [-0.15, -0.1) is 0 Å². The van der Waals surface area contributed by atoms with E-state index in [1.165, 1.54) is 0 Å². The number of hydrogen-bond donors (Lipinski definition) is 1. The van der Waals surface area contributed by atoms with Gasteiger partial charge in [-0.05, 0) is 31.0 Å². The Labute approximate surface area is 148 Å². The van der Waals surface area contributed by atoms with Crippen LogP contribution in [-0.2, 0) is 4.79 Å². The lowest BCUT2D eigenvalue weighted by molar-refractivity contribution is -0.120. The maximum atomic E-state index is 12.4. The number of aromatic nitrogens is 3. The molecule has 0 aliphatic carbocycles.